The molecule has 4 nitrogen and oxygen atoms in total. The Morgan fingerprint density at radius 1 is 1.47 bits per heavy atom. The molecule has 0 spiro atoms. The number of rotatable bonds is 5. The first kappa shape index (κ1) is 13.9. The molecule has 0 aliphatic heterocycles. The van der Waals surface area contributed by atoms with Gasteiger partial charge in [-0.05, 0) is 19.9 Å². The lowest BCUT2D eigenvalue weighted by molar-refractivity contribution is 0.000987. The summed E-state index contributed by atoms with van der Waals surface area (Å²) in [5.41, 5.74) is -0.835. The largest absolute Gasteiger partial charge is 0.508 e. The SMILES string of the molecule is CC(NCC(C)(O)CO)c1ccc(O)cc1F. The predicted octanol–water partition coefficient (Wildman–Crippen LogP) is 0.925. The van der Waals surface area contributed by atoms with Crippen LogP contribution in [0.15, 0.2) is 18.2 Å². The standard InChI is InChI=1S/C12H18FNO3/c1-8(14-6-12(2,17)7-15)10-4-3-9(16)5-11(10)13/h3-5,8,14-17H,6-7H2,1-2H3. The molecule has 0 aliphatic carbocycles. The van der Waals surface area contributed by atoms with E-state index in [1.807, 2.05) is 0 Å². The van der Waals surface area contributed by atoms with Crippen LogP contribution in [0.5, 0.6) is 5.75 Å². The number of phenols is 1. The number of aliphatic hydroxyl groups excluding tert-OH is 1. The lowest BCUT2D eigenvalue weighted by Gasteiger charge is -2.24. The molecule has 1 rings (SSSR count). The Bertz CT molecular complexity index is 382. The summed E-state index contributed by atoms with van der Waals surface area (Å²) in [6.45, 7) is 3.00. The van der Waals surface area contributed by atoms with Crippen molar-refractivity contribution in [1.82, 2.24) is 5.32 Å². The van der Waals surface area contributed by atoms with Crippen molar-refractivity contribution >= 4 is 0 Å². The Labute approximate surface area is 99.7 Å². The molecule has 0 aromatic heterocycles. The van der Waals surface area contributed by atoms with E-state index in [9.17, 15) is 9.50 Å². The van der Waals surface area contributed by atoms with Crippen LogP contribution in [0.2, 0.25) is 0 Å². The van der Waals surface area contributed by atoms with Crippen molar-refractivity contribution in [2.45, 2.75) is 25.5 Å². The highest BCUT2D eigenvalue weighted by Crippen LogP contribution is 2.21. The number of halogens is 1. The highest BCUT2D eigenvalue weighted by Gasteiger charge is 2.20. The summed E-state index contributed by atoms with van der Waals surface area (Å²) in [4.78, 5) is 0. The highest BCUT2D eigenvalue weighted by atomic mass is 19.1. The first-order chi connectivity index (χ1) is 7.85. The molecule has 0 heterocycles. The van der Waals surface area contributed by atoms with Gasteiger partial charge < -0.3 is 20.6 Å². The van der Waals surface area contributed by atoms with Crippen LogP contribution < -0.4 is 5.32 Å². The third kappa shape index (κ3) is 3.96. The monoisotopic (exact) mass is 243 g/mol. The Hall–Kier alpha value is -1.17. The Morgan fingerprint density at radius 2 is 2.12 bits per heavy atom. The van der Waals surface area contributed by atoms with Crippen molar-refractivity contribution < 1.29 is 19.7 Å². The van der Waals surface area contributed by atoms with Gasteiger partial charge in [-0.2, -0.15) is 0 Å². The molecule has 0 amide bonds. The molecule has 2 unspecified atom stereocenters. The van der Waals surface area contributed by atoms with E-state index in [-0.39, 0.29) is 24.9 Å². The normalized spacial score (nSPS) is 16.5. The fourth-order valence-electron chi connectivity index (χ4n) is 1.41. The third-order valence-electron chi connectivity index (χ3n) is 2.58. The van der Waals surface area contributed by atoms with Crippen LogP contribution in [0.25, 0.3) is 0 Å². The van der Waals surface area contributed by atoms with E-state index >= 15 is 0 Å². The number of hydrogen-bond acceptors (Lipinski definition) is 4. The van der Waals surface area contributed by atoms with Gasteiger partial charge in [0, 0.05) is 24.2 Å². The lowest BCUT2D eigenvalue weighted by atomic mass is 10.0. The molecule has 1 aromatic carbocycles. The van der Waals surface area contributed by atoms with Crippen LogP contribution in [0.4, 0.5) is 4.39 Å². The topological polar surface area (TPSA) is 72.7 Å². The van der Waals surface area contributed by atoms with E-state index in [2.05, 4.69) is 5.32 Å². The second-order valence-corrected chi connectivity index (χ2v) is 4.46. The second kappa shape index (κ2) is 5.44. The van der Waals surface area contributed by atoms with Crippen molar-refractivity contribution in [3.05, 3.63) is 29.6 Å². The maximum atomic E-state index is 13.5. The molecule has 96 valence electrons. The molecule has 0 fully saturated rings. The molecule has 5 heteroatoms. The highest BCUT2D eigenvalue weighted by molar-refractivity contribution is 5.29. The molecule has 0 saturated carbocycles. The zero-order chi connectivity index (χ0) is 13.1. The second-order valence-electron chi connectivity index (χ2n) is 4.46. The summed E-state index contributed by atoms with van der Waals surface area (Å²) >= 11 is 0. The Balaban J connectivity index is 2.67. The summed E-state index contributed by atoms with van der Waals surface area (Å²) in [5.74, 6) is -0.630. The number of benzene rings is 1. The minimum atomic E-state index is -1.23. The van der Waals surface area contributed by atoms with Crippen LogP contribution in [-0.2, 0) is 0 Å². The van der Waals surface area contributed by atoms with Gasteiger partial charge in [0.15, 0.2) is 0 Å². The first-order valence-electron chi connectivity index (χ1n) is 5.41. The van der Waals surface area contributed by atoms with Gasteiger partial charge >= 0.3 is 0 Å². The minimum absolute atomic E-state index is 0.124. The van der Waals surface area contributed by atoms with Gasteiger partial charge in [0.05, 0.1) is 12.2 Å². The summed E-state index contributed by atoms with van der Waals surface area (Å²) < 4.78 is 13.5. The van der Waals surface area contributed by atoms with Crippen molar-refractivity contribution in [3.8, 4) is 5.75 Å². The van der Waals surface area contributed by atoms with E-state index in [1.54, 1.807) is 6.92 Å². The predicted molar refractivity (Wildman–Crippen MR) is 62.2 cm³/mol. The average molecular weight is 243 g/mol. The maximum Gasteiger partial charge on any atom is 0.131 e. The summed E-state index contributed by atoms with van der Waals surface area (Å²) in [7, 11) is 0. The van der Waals surface area contributed by atoms with Gasteiger partial charge in [-0.1, -0.05) is 6.07 Å². The van der Waals surface area contributed by atoms with Crippen LogP contribution in [0, 0.1) is 5.82 Å². The smallest absolute Gasteiger partial charge is 0.131 e. The molecule has 0 radical (unpaired) electrons. The van der Waals surface area contributed by atoms with E-state index in [0.29, 0.717) is 5.56 Å². The molecule has 17 heavy (non-hydrogen) atoms. The first-order valence-corrected chi connectivity index (χ1v) is 5.41. The van der Waals surface area contributed by atoms with Crippen LogP contribution in [-0.4, -0.2) is 34.1 Å². The van der Waals surface area contributed by atoms with Crippen LogP contribution in [0.3, 0.4) is 0 Å². The van der Waals surface area contributed by atoms with Crippen LogP contribution >= 0.6 is 0 Å². The van der Waals surface area contributed by atoms with Gasteiger partial charge in [-0.3, -0.25) is 0 Å². The average Bonchev–Trinajstić information content (AvgIpc) is 2.26. The van der Waals surface area contributed by atoms with E-state index < -0.39 is 11.4 Å². The van der Waals surface area contributed by atoms with Crippen molar-refractivity contribution in [3.63, 3.8) is 0 Å². The maximum absolute atomic E-state index is 13.5. The Kier molecular flexibility index (Phi) is 4.45. The fraction of sp³-hybridized carbons (Fsp3) is 0.500. The number of hydrogen-bond donors (Lipinski definition) is 4. The van der Waals surface area contributed by atoms with Gasteiger partial charge in [0.25, 0.3) is 0 Å². The summed E-state index contributed by atoms with van der Waals surface area (Å²) in [6, 6.07) is 3.60. The molecule has 0 bridgehead atoms. The number of aliphatic hydroxyl groups is 2. The van der Waals surface area contributed by atoms with Gasteiger partial charge in [0.2, 0.25) is 0 Å². The summed E-state index contributed by atoms with van der Waals surface area (Å²) in [5, 5.41) is 30.5. The molecule has 1 aromatic rings. The van der Waals surface area contributed by atoms with Gasteiger partial charge in [0.1, 0.15) is 11.6 Å². The molecular formula is C12H18FNO3. The quantitative estimate of drug-likeness (QED) is 0.620. The van der Waals surface area contributed by atoms with E-state index in [1.165, 1.54) is 19.1 Å². The lowest BCUT2D eigenvalue weighted by Crippen LogP contribution is -2.41. The van der Waals surface area contributed by atoms with E-state index in [4.69, 9.17) is 10.2 Å². The van der Waals surface area contributed by atoms with E-state index in [0.717, 1.165) is 6.07 Å². The van der Waals surface area contributed by atoms with Gasteiger partial charge in [-0.25, -0.2) is 4.39 Å². The zero-order valence-corrected chi connectivity index (χ0v) is 9.94. The molecule has 0 saturated heterocycles. The third-order valence-corrected chi connectivity index (χ3v) is 2.58. The molecule has 2 atom stereocenters. The number of aromatic hydroxyl groups is 1. The summed E-state index contributed by atoms with van der Waals surface area (Å²) in [6.07, 6.45) is 0. The number of phenolic OH excluding ortho intramolecular Hbond substituents is 1. The van der Waals surface area contributed by atoms with Crippen molar-refractivity contribution in [2.24, 2.45) is 0 Å². The fourth-order valence-corrected chi connectivity index (χ4v) is 1.41. The zero-order valence-electron chi connectivity index (χ0n) is 9.94. The molecule has 4 N–H and O–H groups in total. The van der Waals surface area contributed by atoms with Crippen molar-refractivity contribution in [1.29, 1.82) is 0 Å². The van der Waals surface area contributed by atoms with Crippen LogP contribution in [0.1, 0.15) is 25.5 Å². The Morgan fingerprint density at radius 3 is 2.65 bits per heavy atom. The molecular weight excluding hydrogens is 225 g/mol. The van der Waals surface area contributed by atoms with Gasteiger partial charge in [-0.15, -0.1) is 0 Å². The molecule has 0 aliphatic rings. The van der Waals surface area contributed by atoms with Crippen molar-refractivity contribution in [2.75, 3.05) is 13.2 Å². The number of nitrogens with one attached hydrogen (secondary N) is 1. The minimum Gasteiger partial charge on any atom is -0.508 e.